The van der Waals surface area contributed by atoms with Gasteiger partial charge in [-0.2, -0.15) is 0 Å². The molecule has 0 bridgehead atoms. The number of nitrogens with zero attached hydrogens (tertiary/aromatic N) is 2. The van der Waals surface area contributed by atoms with Gasteiger partial charge in [-0.15, -0.1) is 24.8 Å². The summed E-state index contributed by atoms with van der Waals surface area (Å²) in [7, 11) is 0. The molecule has 0 spiro atoms. The number of piperidine rings is 1. The molecule has 25 heavy (non-hydrogen) atoms. The second-order valence-electron chi connectivity index (χ2n) is 6.22. The molecule has 2 heterocycles. The van der Waals surface area contributed by atoms with Gasteiger partial charge in [0.15, 0.2) is 0 Å². The number of ether oxygens (including phenoxy) is 1. The zero-order valence-corrected chi connectivity index (χ0v) is 16.4. The van der Waals surface area contributed by atoms with Crippen molar-refractivity contribution in [1.82, 2.24) is 10.2 Å². The van der Waals surface area contributed by atoms with Crippen molar-refractivity contribution in [1.29, 1.82) is 0 Å². The van der Waals surface area contributed by atoms with Crippen molar-refractivity contribution in [3.63, 3.8) is 0 Å². The summed E-state index contributed by atoms with van der Waals surface area (Å²) >= 11 is 0. The second kappa shape index (κ2) is 10.7. The number of halogens is 2. The first-order valence-corrected chi connectivity index (χ1v) is 8.78. The summed E-state index contributed by atoms with van der Waals surface area (Å²) in [6.07, 6.45) is 3.32. The predicted octanol–water partition coefficient (Wildman–Crippen LogP) is 2.72. The molecule has 1 amide bonds. The van der Waals surface area contributed by atoms with Crippen LogP contribution in [0.1, 0.15) is 26.2 Å². The maximum absolute atomic E-state index is 12.6. The Morgan fingerprint density at radius 1 is 1.16 bits per heavy atom. The van der Waals surface area contributed by atoms with Crippen molar-refractivity contribution >= 4 is 36.4 Å². The van der Waals surface area contributed by atoms with Gasteiger partial charge in [0.25, 0.3) is 0 Å². The number of anilines is 1. The van der Waals surface area contributed by atoms with Crippen molar-refractivity contribution in [2.24, 2.45) is 0 Å². The highest BCUT2D eigenvalue weighted by Crippen LogP contribution is 2.29. The summed E-state index contributed by atoms with van der Waals surface area (Å²) in [6.45, 7) is 6.95. The summed E-state index contributed by atoms with van der Waals surface area (Å²) in [4.78, 5) is 16.9. The highest BCUT2D eigenvalue weighted by molar-refractivity contribution is 5.85. The highest BCUT2D eigenvalue weighted by Gasteiger charge is 2.28. The Morgan fingerprint density at radius 3 is 2.52 bits per heavy atom. The van der Waals surface area contributed by atoms with Gasteiger partial charge in [0, 0.05) is 26.2 Å². The van der Waals surface area contributed by atoms with Crippen LogP contribution in [0.5, 0.6) is 5.75 Å². The number of carbonyl (C=O) groups excluding carboxylic acids is 1. The van der Waals surface area contributed by atoms with Gasteiger partial charge in [0.1, 0.15) is 5.75 Å². The van der Waals surface area contributed by atoms with Gasteiger partial charge in [-0.1, -0.05) is 18.6 Å². The van der Waals surface area contributed by atoms with E-state index in [2.05, 4.69) is 16.3 Å². The van der Waals surface area contributed by atoms with Gasteiger partial charge >= 0.3 is 0 Å². The van der Waals surface area contributed by atoms with Crippen LogP contribution in [0.2, 0.25) is 0 Å². The van der Waals surface area contributed by atoms with Crippen LogP contribution >= 0.6 is 24.8 Å². The number of rotatable bonds is 4. The fraction of sp³-hybridized carbons (Fsp3) is 0.611. The van der Waals surface area contributed by atoms with E-state index in [1.165, 1.54) is 6.42 Å². The molecule has 0 radical (unpaired) electrons. The lowest BCUT2D eigenvalue weighted by Gasteiger charge is -2.38. The summed E-state index contributed by atoms with van der Waals surface area (Å²) in [5.74, 6) is 1.21. The van der Waals surface area contributed by atoms with E-state index in [0.717, 1.165) is 57.0 Å². The Hall–Kier alpha value is -1.17. The molecule has 2 fully saturated rings. The van der Waals surface area contributed by atoms with Crippen LogP contribution < -0.4 is 15.0 Å². The molecule has 3 rings (SSSR count). The second-order valence-corrected chi connectivity index (χ2v) is 6.22. The first-order valence-electron chi connectivity index (χ1n) is 8.78. The molecule has 142 valence electrons. The van der Waals surface area contributed by atoms with Gasteiger partial charge in [-0.3, -0.25) is 4.79 Å². The minimum absolute atomic E-state index is 0. The van der Waals surface area contributed by atoms with Crippen LogP contribution in [-0.2, 0) is 4.79 Å². The van der Waals surface area contributed by atoms with Crippen molar-refractivity contribution in [3.05, 3.63) is 24.3 Å². The van der Waals surface area contributed by atoms with Gasteiger partial charge in [-0.25, -0.2) is 0 Å². The lowest BCUT2D eigenvalue weighted by molar-refractivity contribution is -0.134. The molecule has 1 aromatic carbocycles. The van der Waals surface area contributed by atoms with Crippen LogP contribution in [0.3, 0.4) is 0 Å². The van der Waals surface area contributed by atoms with Gasteiger partial charge in [0.05, 0.1) is 18.3 Å². The van der Waals surface area contributed by atoms with Crippen molar-refractivity contribution in [3.8, 4) is 5.75 Å². The number of benzene rings is 1. The minimum atomic E-state index is 0. The van der Waals surface area contributed by atoms with E-state index in [0.29, 0.717) is 6.61 Å². The van der Waals surface area contributed by atoms with Crippen LogP contribution in [0.4, 0.5) is 5.69 Å². The summed E-state index contributed by atoms with van der Waals surface area (Å²) < 4.78 is 5.73. The average molecular weight is 390 g/mol. The molecular weight excluding hydrogens is 361 g/mol. The number of carbonyl (C=O) groups is 1. The molecule has 0 aromatic heterocycles. The molecule has 2 saturated heterocycles. The lowest BCUT2D eigenvalue weighted by atomic mass is 10.0. The Labute approximate surface area is 162 Å². The Morgan fingerprint density at radius 2 is 1.88 bits per heavy atom. The van der Waals surface area contributed by atoms with E-state index in [-0.39, 0.29) is 36.8 Å². The van der Waals surface area contributed by atoms with E-state index in [1.807, 2.05) is 30.0 Å². The summed E-state index contributed by atoms with van der Waals surface area (Å²) in [5.41, 5.74) is 1.14. The van der Waals surface area contributed by atoms with E-state index >= 15 is 0 Å². The van der Waals surface area contributed by atoms with E-state index < -0.39 is 0 Å². The van der Waals surface area contributed by atoms with E-state index in [9.17, 15) is 4.79 Å². The normalized spacial score (nSPS) is 20.3. The van der Waals surface area contributed by atoms with E-state index in [1.54, 1.807) is 0 Å². The maximum Gasteiger partial charge on any atom is 0.239 e. The van der Waals surface area contributed by atoms with Gasteiger partial charge in [-0.05, 0) is 38.4 Å². The molecule has 7 heteroatoms. The van der Waals surface area contributed by atoms with Gasteiger partial charge < -0.3 is 19.9 Å². The third kappa shape index (κ3) is 5.40. The number of para-hydroxylation sites is 2. The topological polar surface area (TPSA) is 44.8 Å². The Kier molecular flexibility index (Phi) is 9.39. The molecule has 0 saturated carbocycles. The standard InChI is InChI=1S/C18H27N3O2.2ClH/c1-2-23-17-9-4-3-8-16(17)20-11-13-21(14-12-20)18(22)15-7-5-6-10-19-15;;/h3-4,8-9,15,19H,2,5-7,10-14H2,1H3;2*1H/t15-;;/m0../s1. The zero-order valence-electron chi connectivity index (χ0n) is 14.8. The molecule has 2 aliphatic rings. The maximum atomic E-state index is 12.6. The number of nitrogens with one attached hydrogen (secondary N) is 1. The van der Waals surface area contributed by atoms with Crippen LogP contribution in [0, 0.1) is 0 Å². The predicted molar refractivity (Wildman–Crippen MR) is 107 cm³/mol. The fourth-order valence-corrected chi connectivity index (χ4v) is 3.45. The summed E-state index contributed by atoms with van der Waals surface area (Å²) in [5, 5.41) is 3.36. The molecule has 0 unspecified atom stereocenters. The smallest absolute Gasteiger partial charge is 0.239 e. The first-order chi connectivity index (χ1) is 11.3. The van der Waals surface area contributed by atoms with Crippen LogP contribution in [0.15, 0.2) is 24.3 Å². The monoisotopic (exact) mass is 389 g/mol. The number of amides is 1. The molecule has 1 atom stereocenters. The lowest BCUT2D eigenvalue weighted by Crippen LogP contribution is -2.55. The number of hydrogen-bond donors (Lipinski definition) is 1. The molecular formula is C18H29Cl2N3O2. The molecule has 2 aliphatic heterocycles. The minimum Gasteiger partial charge on any atom is -0.492 e. The number of hydrogen-bond acceptors (Lipinski definition) is 4. The summed E-state index contributed by atoms with van der Waals surface area (Å²) in [6, 6.07) is 8.20. The third-order valence-corrected chi connectivity index (χ3v) is 4.71. The molecule has 0 aliphatic carbocycles. The molecule has 5 nitrogen and oxygen atoms in total. The molecule has 1 N–H and O–H groups in total. The molecule has 1 aromatic rings. The van der Waals surface area contributed by atoms with Crippen LogP contribution in [-0.4, -0.2) is 56.2 Å². The largest absolute Gasteiger partial charge is 0.492 e. The Balaban J connectivity index is 0.00000156. The van der Waals surface area contributed by atoms with Crippen molar-refractivity contribution in [2.45, 2.75) is 32.2 Å². The van der Waals surface area contributed by atoms with Crippen molar-refractivity contribution in [2.75, 3.05) is 44.2 Å². The first kappa shape index (κ1) is 21.9. The average Bonchev–Trinajstić information content (AvgIpc) is 2.63. The van der Waals surface area contributed by atoms with Crippen molar-refractivity contribution < 1.29 is 9.53 Å². The Bertz CT molecular complexity index is 531. The zero-order chi connectivity index (χ0) is 16.1. The SMILES string of the molecule is CCOc1ccccc1N1CCN(C(=O)[C@@H]2CCCCN2)CC1.Cl.Cl. The highest BCUT2D eigenvalue weighted by atomic mass is 35.5. The van der Waals surface area contributed by atoms with Crippen LogP contribution in [0.25, 0.3) is 0 Å². The third-order valence-electron chi connectivity index (χ3n) is 4.71. The quantitative estimate of drug-likeness (QED) is 0.859. The van der Waals surface area contributed by atoms with Gasteiger partial charge in [0.2, 0.25) is 5.91 Å². The fourth-order valence-electron chi connectivity index (χ4n) is 3.45. The van der Waals surface area contributed by atoms with E-state index in [4.69, 9.17) is 4.74 Å². The number of piperazine rings is 1.